The maximum atomic E-state index is 13.5. The number of rotatable bonds is 6. The quantitative estimate of drug-likeness (QED) is 0.607. The maximum Gasteiger partial charge on any atom is 0.270 e. The van der Waals surface area contributed by atoms with Gasteiger partial charge in [0.15, 0.2) is 0 Å². The normalized spacial score (nSPS) is 16.7. The number of ether oxygens (including phenoxy) is 2. The van der Waals surface area contributed by atoms with Gasteiger partial charge in [-0.15, -0.1) is 0 Å². The summed E-state index contributed by atoms with van der Waals surface area (Å²) in [7, 11) is 3.14. The van der Waals surface area contributed by atoms with Crippen LogP contribution in [0.1, 0.15) is 23.0 Å². The molecule has 31 heavy (non-hydrogen) atoms. The van der Waals surface area contributed by atoms with E-state index in [0.29, 0.717) is 37.6 Å². The third-order valence-corrected chi connectivity index (χ3v) is 5.70. The van der Waals surface area contributed by atoms with Crippen LogP contribution in [0.15, 0.2) is 47.1 Å². The Labute approximate surface area is 180 Å². The van der Waals surface area contributed by atoms with Gasteiger partial charge in [-0.3, -0.25) is 9.59 Å². The number of benzene rings is 1. The van der Waals surface area contributed by atoms with Gasteiger partial charge in [-0.1, -0.05) is 12.1 Å². The zero-order chi connectivity index (χ0) is 22.0. The van der Waals surface area contributed by atoms with E-state index in [1.807, 2.05) is 47.9 Å². The van der Waals surface area contributed by atoms with E-state index in [0.717, 1.165) is 16.7 Å². The van der Waals surface area contributed by atoms with Gasteiger partial charge in [0.1, 0.15) is 18.1 Å². The number of nitrogens with zero attached hydrogens (tertiary/aromatic N) is 3. The van der Waals surface area contributed by atoms with Gasteiger partial charge in [-0.05, 0) is 36.8 Å². The molecule has 1 aromatic carbocycles. The predicted molar refractivity (Wildman–Crippen MR) is 115 cm³/mol. The molecule has 0 saturated carbocycles. The number of piperazine rings is 1. The van der Waals surface area contributed by atoms with E-state index in [4.69, 9.17) is 13.9 Å². The Kier molecular flexibility index (Phi) is 5.99. The standard InChI is InChI=1S/C23H27N3O5/c1-16-13-24(8-9-25(16)21(27)15-29-2)22(28)20-12-18-7-10-31-23(18)26(20)14-17-5-4-6-19(11-17)30-3/h4-7,10-12,16H,8-9,13-15H2,1-3H3. The van der Waals surface area contributed by atoms with Gasteiger partial charge in [-0.25, -0.2) is 0 Å². The van der Waals surface area contributed by atoms with E-state index in [2.05, 4.69) is 0 Å². The zero-order valence-electron chi connectivity index (χ0n) is 18.0. The molecule has 1 atom stereocenters. The lowest BCUT2D eigenvalue weighted by molar-refractivity contribution is -0.139. The van der Waals surface area contributed by atoms with Crippen molar-refractivity contribution in [1.82, 2.24) is 14.4 Å². The summed E-state index contributed by atoms with van der Waals surface area (Å²) in [6, 6.07) is 11.4. The second-order valence-corrected chi connectivity index (χ2v) is 7.77. The molecule has 8 nitrogen and oxygen atoms in total. The molecular weight excluding hydrogens is 398 g/mol. The molecule has 0 aliphatic carbocycles. The molecule has 3 aromatic rings. The molecule has 1 aliphatic rings. The first-order valence-electron chi connectivity index (χ1n) is 10.3. The van der Waals surface area contributed by atoms with Crippen LogP contribution >= 0.6 is 0 Å². The zero-order valence-corrected chi connectivity index (χ0v) is 18.0. The highest BCUT2D eigenvalue weighted by molar-refractivity contribution is 5.98. The highest BCUT2D eigenvalue weighted by atomic mass is 16.5. The fourth-order valence-corrected chi connectivity index (χ4v) is 4.14. The van der Waals surface area contributed by atoms with Crippen LogP contribution in [-0.4, -0.2) is 72.7 Å². The van der Waals surface area contributed by atoms with Crippen LogP contribution in [0.25, 0.3) is 11.1 Å². The number of fused-ring (bicyclic) bond motifs is 1. The SMILES string of the molecule is COCC(=O)N1CCN(C(=O)c2cc3ccoc3n2Cc2cccc(OC)c2)CC1C. The van der Waals surface area contributed by atoms with Gasteiger partial charge >= 0.3 is 0 Å². The Balaban J connectivity index is 1.58. The van der Waals surface area contributed by atoms with Crippen molar-refractivity contribution in [2.24, 2.45) is 0 Å². The number of carbonyl (C=O) groups is 2. The summed E-state index contributed by atoms with van der Waals surface area (Å²) in [5, 5.41) is 0.883. The van der Waals surface area contributed by atoms with Gasteiger partial charge in [0.2, 0.25) is 11.6 Å². The van der Waals surface area contributed by atoms with Crippen LogP contribution in [0.4, 0.5) is 0 Å². The number of hydrogen-bond donors (Lipinski definition) is 0. The van der Waals surface area contributed by atoms with Crippen molar-refractivity contribution < 1.29 is 23.5 Å². The molecule has 0 bridgehead atoms. The topological polar surface area (TPSA) is 77.2 Å². The summed E-state index contributed by atoms with van der Waals surface area (Å²) >= 11 is 0. The molecular formula is C23H27N3O5. The third-order valence-electron chi connectivity index (χ3n) is 5.70. The lowest BCUT2D eigenvalue weighted by Gasteiger charge is -2.39. The first kappa shape index (κ1) is 21.0. The van der Waals surface area contributed by atoms with Gasteiger partial charge in [0.05, 0.1) is 19.9 Å². The summed E-state index contributed by atoms with van der Waals surface area (Å²) < 4.78 is 17.9. The molecule has 4 rings (SSSR count). The van der Waals surface area contributed by atoms with Crippen molar-refractivity contribution in [1.29, 1.82) is 0 Å². The molecule has 1 fully saturated rings. The Morgan fingerprint density at radius 3 is 2.74 bits per heavy atom. The Bertz CT molecular complexity index is 1090. The van der Waals surface area contributed by atoms with Crippen molar-refractivity contribution in [3.8, 4) is 5.75 Å². The number of aromatic nitrogens is 1. The smallest absolute Gasteiger partial charge is 0.270 e. The minimum atomic E-state index is -0.0786. The van der Waals surface area contributed by atoms with Gasteiger partial charge in [0, 0.05) is 38.2 Å². The molecule has 1 aliphatic heterocycles. The Hall–Kier alpha value is -3.26. The second-order valence-electron chi connectivity index (χ2n) is 7.77. The summed E-state index contributed by atoms with van der Waals surface area (Å²) in [5.74, 6) is 0.639. The molecule has 2 aromatic heterocycles. The van der Waals surface area contributed by atoms with Crippen LogP contribution in [-0.2, 0) is 16.1 Å². The number of amides is 2. The van der Waals surface area contributed by atoms with Crippen molar-refractivity contribution in [3.63, 3.8) is 0 Å². The Morgan fingerprint density at radius 2 is 2.00 bits per heavy atom. The monoisotopic (exact) mass is 425 g/mol. The van der Waals surface area contributed by atoms with Crippen molar-refractivity contribution >= 4 is 22.9 Å². The lowest BCUT2D eigenvalue weighted by Crippen LogP contribution is -2.56. The molecule has 0 radical (unpaired) electrons. The van der Waals surface area contributed by atoms with Gasteiger partial charge in [-0.2, -0.15) is 0 Å². The van der Waals surface area contributed by atoms with E-state index < -0.39 is 0 Å². The van der Waals surface area contributed by atoms with Crippen LogP contribution < -0.4 is 4.74 Å². The van der Waals surface area contributed by atoms with Crippen molar-refractivity contribution in [3.05, 3.63) is 53.9 Å². The summed E-state index contributed by atoms with van der Waals surface area (Å²) in [4.78, 5) is 29.3. The van der Waals surface area contributed by atoms with E-state index in [9.17, 15) is 9.59 Å². The molecule has 0 spiro atoms. The molecule has 0 N–H and O–H groups in total. The Morgan fingerprint density at radius 1 is 1.16 bits per heavy atom. The fraction of sp³-hybridized carbons (Fsp3) is 0.391. The highest BCUT2D eigenvalue weighted by Crippen LogP contribution is 2.25. The first-order valence-corrected chi connectivity index (χ1v) is 10.3. The van der Waals surface area contributed by atoms with Crippen molar-refractivity contribution in [2.75, 3.05) is 40.5 Å². The first-order chi connectivity index (χ1) is 15.0. The average Bonchev–Trinajstić information content (AvgIpc) is 3.36. The minimum Gasteiger partial charge on any atom is -0.497 e. The molecule has 2 amide bonds. The average molecular weight is 425 g/mol. The highest BCUT2D eigenvalue weighted by Gasteiger charge is 2.31. The largest absolute Gasteiger partial charge is 0.497 e. The lowest BCUT2D eigenvalue weighted by atomic mass is 10.1. The third kappa shape index (κ3) is 4.16. The van der Waals surface area contributed by atoms with Crippen LogP contribution in [0.5, 0.6) is 5.75 Å². The predicted octanol–water partition coefficient (Wildman–Crippen LogP) is 2.61. The molecule has 164 valence electrons. The number of furan rings is 1. The van der Waals surface area contributed by atoms with E-state index in [1.165, 1.54) is 7.11 Å². The number of methoxy groups -OCH3 is 2. The molecule has 1 saturated heterocycles. The van der Waals surface area contributed by atoms with Crippen LogP contribution in [0, 0.1) is 0 Å². The van der Waals surface area contributed by atoms with Gasteiger partial charge in [0.25, 0.3) is 5.91 Å². The molecule has 8 heteroatoms. The number of hydrogen-bond acceptors (Lipinski definition) is 5. The fourth-order valence-electron chi connectivity index (χ4n) is 4.14. The van der Waals surface area contributed by atoms with Crippen LogP contribution in [0.2, 0.25) is 0 Å². The molecule has 1 unspecified atom stereocenters. The van der Waals surface area contributed by atoms with Crippen LogP contribution in [0.3, 0.4) is 0 Å². The second kappa shape index (κ2) is 8.85. The van der Waals surface area contributed by atoms with E-state index in [1.54, 1.807) is 23.2 Å². The molecule has 3 heterocycles. The summed E-state index contributed by atoms with van der Waals surface area (Å²) in [6.07, 6.45) is 1.63. The number of carbonyl (C=O) groups excluding carboxylic acids is 2. The minimum absolute atomic E-state index is 0.0536. The maximum absolute atomic E-state index is 13.5. The van der Waals surface area contributed by atoms with Crippen molar-refractivity contribution in [2.45, 2.75) is 19.5 Å². The van der Waals surface area contributed by atoms with Gasteiger partial charge < -0.3 is 28.3 Å². The summed E-state index contributed by atoms with van der Waals surface area (Å²) in [5.41, 5.74) is 2.24. The van der Waals surface area contributed by atoms with E-state index in [-0.39, 0.29) is 24.5 Å². The van der Waals surface area contributed by atoms with E-state index >= 15 is 0 Å². The summed E-state index contributed by atoms with van der Waals surface area (Å²) in [6.45, 7) is 3.93.